The molecule has 5 rings (SSSR count). The quantitative estimate of drug-likeness (QED) is 0.263. The zero-order chi connectivity index (χ0) is 31.2. The summed E-state index contributed by atoms with van der Waals surface area (Å²) in [6.07, 6.45) is 9.82. The van der Waals surface area contributed by atoms with Gasteiger partial charge in [-0.3, -0.25) is 14.3 Å². The maximum absolute atomic E-state index is 14.3. The molecule has 2 fully saturated rings. The third-order valence-electron chi connectivity index (χ3n) is 9.24. The van der Waals surface area contributed by atoms with Crippen molar-refractivity contribution in [1.29, 1.82) is 0 Å². The average Bonchev–Trinajstić information content (AvgIpc) is 3.47. The predicted molar refractivity (Wildman–Crippen MR) is 178 cm³/mol. The van der Waals surface area contributed by atoms with Gasteiger partial charge in [0.25, 0.3) is 10.0 Å². The number of hydrogen-bond donors (Lipinski definition) is 1. The van der Waals surface area contributed by atoms with Gasteiger partial charge in [0.05, 0.1) is 10.3 Å². The fraction of sp³-hybridized carbons (Fsp3) is 0.486. The topological polar surface area (TPSA) is 86.8 Å². The number of nitrogens with zero attached hydrogens (tertiary/aromatic N) is 2. The summed E-state index contributed by atoms with van der Waals surface area (Å²) in [6.45, 7) is 4.88. The Hall–Kier alpha value is -3.10. The van der Waals surface area contributed by atoms with Crippen LogP contribution in [-0.2, 0) is 25.0 Å². The van der Waals surface area contributed by atoms with Crippen molar-refractivity contribution in [2.24, 2.45) is 0 Å². The van der Waals surface area contributed by atoms with Crippen molar-refractivity contribution in [2.75, 3.05) is 30.9 Å². The van der Waals surface area contributed by atoms with Crippen LogP contribution in [0.25, 0.3) is 10.8 Å². The van der Waals surface area contributed by atoms with Crippen LogP contribution in [0.4, 0.5) is 5.69 Å². The predicted octanol–water partition coefficient (Wildman–Crippen LogP) is 7.53. The van der Waals surface area contributed by atoms with Gasteiger partial charge >= 0.3 is 0 Å². The number of halogens is 1. The molecule has 3 aromatic carbocycles. The van der Waals surface area contributed by atoms with Crippen LogP contribution < -0.4 is 4.72 Å². The number of anilines is 1. The zero-order valence-electron chi connectivity index (χ0n) is 25.7. The van der Waals surface area contributed by atoms with Gasteiger partial charge in [0, 0.05) is 43.3 Å². The second kappa shape index (κ2) is 14.3. The number of nitrogens with one attached hydrogen (secondary N) is 1. The largest absolute Gasteiger partial charge is 0.343 e. The molecule has 2 heterocycles. The smallest absolute Gasteiger partial charge is 0.261 e. The second-order valence-corrected chi connectivity index (χ2v) is 14.6. The number of carbonyl (C=O) groups excluding carboxylic acids is 2. The van der Waals surface area contributed by atoms with Crippen molar-refractivity contribution < 1.29 is 18.0 Å². The van der Waals surface area contributed by atoms with Crippen LogP contribution in [0, 0.1) is 0 Å². The van der Waals surface area contributed by atoms with Crippen LogP contribution >= 0.6 is 11.6 Å². The zero-order valence-corrected chi connectivity index (χ0v) is 27.3. The van der Waals surface area contributed by atoms with Gasteiger partial charge in [-0.2, -0.15) is 0 Å². The molecule has 0 bridgehead atoms. The van der Waals surface area contributed by atoms with Crippen LogP contribution in [0.5, 0.6) is 0 Å². The lowest BCUT2D eigenvalue weighted by Gasteiger charge is -2.36. The number of benzene rings is 3. The molecular formula is C35H44ClN3O4S. The molecule has 0 spiro atoms. The maximum atomic E-state index is 14.3. The van der Waals surface area contributed by atoms with Crippen molar-refractivity contribution in [1.82, 2.24) is 9.80 Å². The van der Waals surface area contributed by atoms with Crippen LogP contribution in [0.3, 0.4) is 0 Å². The highest BCUT2D eigenvalue weighted by Gasteiger charge is 2.40. The standard InChI is InChI=1S/C35H44ClN3O4S/c1-35(34(41)39-23-10-4-5-11-24-39,20-12-15-33(40)38-21-8-2-3-9-22-38)31-26-29(17-19-32(31)36)37-44(42,43)30-18-16-27-13-6-7-14-28(27)25-30/h6-7,13-14,16-19,25-26,37H,2-5,8-12,15,20-24H2,1H3. The summed E-state index contributed by atoms with van der Waals surface area (Å²) in [7, 11) is -3.91. The summed E-state index contributed by atoms with van der Waals surface area (Å²) in [5.74, 6) is 0.123. The molecule has 1 atom stereocenters. The molecule has 236 valence electrons. The van der Waals surface area contributed by atoms with Gasteiger partial charge in [-0.05, 0) is 92.1 Å². The van der Waals surface area contributed by atoms with Crippen LogP contribution in [0.15, 0.2) is 65.6 Å². The van der Waals surface area contributed by atoms with E-state index in [4.69, 9.17) is 11.6 Å². The minimum atomic E-state index is -3.91. The van der Waals surface area contributed by atoms with E-state index in [0.29, 0.717) is 48.6 Å². The fourth-order valence-electron chi connectivity index (χ4n) is 6.61. The van der Waals surface area contributed by atoms with Gasteiger partial charge in [-0.25, -0.2) is 8.42 Å². The Morgan fingerprint density at radius 2 is 1.41 bits per heavy atom. The molecule has 9 heteroatoms. The molecule has 7 nitrogen and oxygen atoms in total. The molecule has 0 saturated carbocycles. The normalized spacial score (nSPS) is 17.9. The third kappa shape index (κ3) is 7.57. The van der Waals surface area contributed by atoms with E-state index >= 15 is 0 Å². The molecule has 44 heavy (non-hydrogen) atoms. The average molecular weight is 638 g/mol. The fourth-order valence-corrected chi connectivity index (χ4v) is 8.02. The number of amides is 2. The van der Waals surface area contributed by atoms with Gasteiger partial charge in [-0.1, -0.05) is 67.6 Å². The molecule has 1 unspecified atom stereocenters. The lowest BCUT2D eigenvalue weighted by atomic mass is 9.76. The lowest BCUT2D eigenvalue weighted by molar-refractivity contribution is -0.138. The van der Waals surface area contributed by atoms with Crippen LogP contribution in [0.1, 0.15) is 83.1 Å². The molecule has 3 aromatic rings. The molecule has 2 saturated heterocycles. The molecule has 2 aliphatic rings. The highest BCUT2D eigenvalue weighted by atomic mass is 35.5. The summed E-state index contributed by atoms with van der Waals surface area (Å²) >= 11 is 6.81. The summed E-state index contributed by atoms with van der Waals surface area (Å²) in [5, 5.41) is 2.19. The van der Waals surface area contributed by atoms with Crippen molar-refractivity contribution >= 4 is 49.9 Å². The van der Waals surface area contributed by atoms with E-state index in [-0.39, 0.29) is 16.7 Å². The minimum absolute atomic E-state index is 0.0157. The molecule has 0 radical (unpaired) electrons. The first-order chi connectivity index (χ1) is 21.2. The number of sulfonamides is 1. The van der Waals surface area contributed by atoms with E-state index < -0.39 is 15.4 Å². The Morgan fingerprint density at radius 3 is 2.07 bits per heavy atom. The van der Waals surface area contributed by atoms with Gasteiger partial charge < -0.3 is 9.80 Å². The van der Waals surface area contributed by atoms with E-state index in [1.165, 1.54) is 0 Å². The summed E-state index contributed by atoms with van der Waals surface area (Å²) in [4.78, 5) is 31.5. The first-order valence-electron chi connectivity index (χ1n) is 16.1. The monoisotopic (exact) mass is 637 g/mol. The Labute approximate surface area is 267 Å². The van der Waals surface area contributed by atoms with E-state index in [0.717, 1.165) is 75.2 Å². The van der Waals surface area contributed by atoms with Gasteiger partial charge in [-0.15, -0.1) is 0 Å². The van der Waals surface area contributed by atoms with Crippen molar-refractivity contribution in [3.63, 3.8) is 0 Å². The van der Waals surface area contributed by atoms with Crippen molar-refractivity contribution in [3.8, 4) is 0 Å². The van der Waals surface area contributed by atoms with Crippen molar-refractivity contribution in [3.05, 3.63) is 71.2 Å². The molecule has 2 amide bonds. The molecule has 2 aliphatic heterocycles. The molecule has 0 aliphatic carbocycles. The number of hydrogen-bond acceptors (Lipinski definition) is 4. The van der Waals surface area contributed by atoms with E-state index in [9.17, 15) is 18.0 Å². The Morgan fingerprint density at radius 1 is 0.795 bits per heavy atom. The number of rotatable bonds is 9. The minimum Gasteiger partial charge on any atom is -0.343 e. The highest BCUT2D eigenvalue weighted by Crippen LogP contribution is 2.39. The molecular weight excluding hydrogens is 594 g/mol. The van der Waals surface area contributed by atoms with E-state index in [2.05, 4.69) is 4.72 Å². The van der Waals surface area contributed by atoms with Gasteiger partial charge in [0.15, 0.2) is 0 Å². The summed E-state index contributed by atoms with van der Waals surface area (Å²) in [5.41, 5.74) is -0.104. The number of carbonyl (C=O) groups is 2. The third-order valence-corrected chi connectivity index (χ3v) is 10.9. The maximum Gasteiger partial charge on any atom is 0.261 e. The van der Waals surface area contributed by atoms with Crippen LogP contribution in [0.2, 0.25) is 5.02 Å². The Balaban J connectivity index is 1.41. The van der Waals surface area contributed by atoms with E-state index in [1.54, 1.807) is 36.4 Å². The van der Waals surface area contributed by atoms with Gasteiger partial charge in [0.2, 0.25) is 11.8 Å². The van der Waals surface area contributed by atoms with Crippen LogP contribution in [-0.4, -0.2) is 56.2 Å². The Bertz CT molecular complexity index is 1580. The SMILES string of the molecule is CC(CCCC(=O)N1CCCCCC1)(C(=O)N1CCCCCC1)c1cc(NS(=O)(=O)c2ccc3ccccc3c2)ccc1Cl. The number of likely N-dealkylation sites (tertiary alicyclic amines) is 2. The first-order valence-corrected chi connectivity index (χ1v) is 17.9. The summed E-state index contributed by atoms with van der Waals surface area (Å²) in [6, 6.07) is 17.6. The van der Waals surface area contributed by atoms with Crippen molar-refractivity contribution in [2.45, 2.75) is 87.9 Å². The highest BCUT2D eigenvalue weighted by molar-refractivity contribution is 7.92. The number of fused-ring (bicyclic) bond motifs is 1. The van der Waals surface area contributed by atoms with E-state index in [1.807, 2.05) is 41.0 Å². The lowest BCUT2D eigenvalue weighted by Crippen LogP contribution is -2.46. The molecule has 1 N–H and O–H groups in total. The second-order valence-electron chi connectivity index (χ2n) is 12.5. The summed E-state index contributed by atoms with van der Waals surface area (Å²) < 4.78 is 29.7. The van der Waals surface area contributed by atoms with Gasteiger partial charge in [0.1, 0.15) is 0 Å². The first kappa shape index (κ1) is 32.3. The Kier molecular flexibility index (Phi) is 10.5. The molecule has 0 aromatic heterocycles.